The number of thiophene rings is 1. The second kappa shape index (κ2) is 6.15. The van der Waals surface area contributed by atoms with Gasteiger partial charge >= 0.3 is 0 Å². The smallest absolute Gasteiger partial charge is 0.129 e. The standard InChI is InChI=1S/C13H15ClN2S/c1-16(7-6-12-3-2-8-17-12)10-11-4-5-13(14)15-9-11/h2-5,8-9H,6-7,10H2,1H3. The van der Waals surface area contributed by atoms with Crippen LogP contribution in [0.3, 0.4) is 0 Å². The van der Waals surface area contributed by atoms with E-state index in [4.69, 9.17) is 11.6 Å². The molecular weight excluding hydrogens is 252 g/mol. The summed E-state index contributed by atoms with van der Waals surface area (Å²) < 4.78 is 0. The fourth-order valence-electron chi connectivity index (χ4n) is 1.65. The summed E-state index contributed by atoms with van der Waals surface area (Å²) in [6.07, 6.45) is 2.94. The first kappa shape index (κ1) is 12.6. The molecule has 0 aliphatic carbocycles. The van der Waals surface area contributed by atoms with Crippen molar-refractivity contribution in [3.63, 3.8) is 0 Å². The maximum Gasteiger partial charge on any atom is 0.129 e. The summed E-state index contributed by atoms with van der Waals surface area (Å²) in [5.41, 5.74) is 1.20. The van der Waals surface area contributed by atoms with Crippen LogP contribution >= 0.6 is 22.9 Å². The molecule has 90 valence electrons. The van der Waals surface area contributed by atoms with Crippen LogP contribution in [0.4, 0.5) is 0 Å². The van der Waals surface area contributed by atoms with E-state index in [1.807, 2.05) is 29.7 Å². The molecule has 0 fully saturated rings. The molecule has 2 rings (SSSR count). The highest BCUT2D eigenvalue weighted by Crippen LogP contribution is 2.11. The molecule has 0 atom stereocenters. The molecule has 0 aliphatic rings. The van der Waals surface area contributed by atoms with E-state index in [2.05, 4.69) is 34.4 Å². The topological polar surface area (TPSA) is 16.1 Å². The molecule has 0 N–H and O–H groups in total. The summed E-state index contributed by atoms with van der Waals surface area (Å²) in [7, 11) is 2.13. The molecule has 0 unspecified atom stereocenters. The van der Waals surface area contributed by atoms with E-state index in [9.17, 15) is 0 Å². The van der Waals surface area contributed by atoms with Gasteiger partial charge in [-0.05, 0) is 36.5 Å². The first-order valence-electron chi connectivity index (χ1n) is 5.55. The van der Waals surface area contributed by atoms with Crippen molar-refractivity contribution in [2.45, 2.75) is 13.0 Å². The van der Waals surface area contributed by atoms with Crippen molar-refractivity contribution in [3.05, 3.63) is 51.4 Å². The Morgan fingerprint density at radius 3 is 2.88 bits per heavy atom. The monoisotopic (exact) mass is 266 g/mol. The molecule has 2 nitrogen and oxygen atoms in total. The van der Waals surface area contributed by atoms with Gasteiger partial charge in [-0.3, -0.25) is 0 Å². The zero-order chi connectivity index (χ0) is 12.1. The lowest BCUT2D eigenvalue weighted by Gasteiger charge is -2.15. The van der Waals surface area contributed by atoms with Crippen LogP contribution in [0, 0.1) is 0 Å². The fourth-order valence-corrected chi connectivity index (χ4v) is 2.46. The van der Waals surface area contributed by atoms with Gasteiger partial charge in [-0.1, -0.05) is 23.7 Å². The zero-order valence-electron chi connectivity index (χ0n) is 9.77. The molecule has 0 amide bonds. The average molecular weight is 267 g/mol. The third-order valence-electron chi connectivity index (χ3n) is 2.56. The maximum atomic E-state index is 5.75. The van der Waals surface area contributed by atoms with Gasteiger partial charge in [0, 0.05) is 24.2 Å². The van der Waals surface area contributed by atoms with Gasteiger partial charge in [-0.15, -0.1) is 11.3 Å². The van der Waals surface area contributed by atoms with E-state index in [-0.39, 0.29) is 0 Å². The number of aromatic nitrogens is 1. The molecule has 4 heteroatoms. The number of halogens is 1. The number of rotatable bonds is 5. The van der Waals surface area contributed by atoms with Gasteiger partial charge < -0.3 is 4.90 Å². The van der Waals surface area contributed by atoms with E-state index >= 15 is 0 Å². The summed E-state index contributed by atoms with van der Waals surface area (Å²) in [4.78, 5) is 7.82. The molecule has 17 heavy (non-hydrogen) atoms. The Morgan fingerprint density at radius 2 is 2.24 bits per heavy atom. The molecule has 0 aromatic carbocycles. The molecule has 0 bridgehead atoms. The highest BCUT2D eigenvalue weighted by molar-refractivity contribution is 7.09. The van der Waals surface area contributed by atoms with Crippen LogP contribution in [-0.4, -0.2) is 23.5 Å². The fraction of sp³-hybridized carbons (Fsp3) is 0.308. The first-order chi connectivity index (χ1) is 8.24. The summed E-state index contributed by atoms with van der Waals surface area (Å²) in [6.45, 7) is 1.97. The number of hydrogen-bond donors (Lipinski definition) is 0. The van der Waals surface area contributed by atoms with E-state index in [1.165, 1.54) is 10.4 Å². The van der Waals surface area contributed by atoms with Crippen molar-refractivity contribution in [3.8, 4) is 0 Å². The van der Waals surface area contributed by atoms with Crippen LogP contribution in [0.1, 0.15) is 10.4 Å². The van der Waals surface area contributed by atoms with Crippen LogP contribution < -0.4 is 0 Å². The van der Waals surface area contributed by atoms with Gasteiger partial charge in [0.2, 0.25) is 0 Å². The van der Waals surface area contributed by atoms with E-state index in [0.29, 0.717) is 5.15 Å². The van der Waals surface area contributed by atoms with Gasteiger partial charge in [-0.25, -0.2) is 4.98 Å². The second-order valence-electron chi connectivity index (χ2n) is 4.06. The van der Waals surface area contributed by atoms with Crippen molar-refractivity contribution < 1.29 is 0 Å². The first-order valence-corrected chi connectivity index (χ1v) is 6.81. The quantitative estimate of drug-likeness (QED) is 0.771. The maximum absolute atomic E-state index is 5.75. The van der Waals surface area contributed by atoms with Crippen molar-refractivity contribution in [1.29, 1.82) is 0 Å². The molecule has 2 aromatic heterocycles. The van der Waals surface area contributed by atoms with Crippen molar-refractivity contribution in [1.82, 2.24) is 9.88 Å². The van der Waals surface area contributed by atoms with Crippen LogP contribution in [0.25, 0.3) is 0 Å². The minimum absolute atomic E-state index is 0.551. The SMILES string of the molecule is CN(CCc1cccs1)Cc1ccc(Cl)nc1. The number of pyridine rings is 1. The highest BCUT2D eigenvalue weighted by atomic mass is 35.5. The third-order valence-corrected chi connectivity index (χ3v) is 3.72. The lowest BCUT2D eigenvalue weighted by atomic mass is 10.2. The Labute approximate surface area is 111 Å². The molecule has 0 saturated heterocycles. The minimum Gasteiger partial charge on any atom is -0.302 e. The largest absolute Gasteiger partial charge is 0.302 e. The number of likely N-dealkylation sites (N-methyl/N-ethyl adjacent to an activating group) is 1. The number of hydrogen-bond acceptors (Lipinski definition) is 3. The summed E-state index contributed by atoms with van der Waals surface area (Å²) in [5, 5.41) is 2.67. The molecular formula is C13H15ClN2S. The Balaban J connectivity index is 1.80. The van der Waals surface area contributed by atoms with Crippen molar-refractivity contribution in [2.75, 3.05) is 13.6 Å². The van der Waals surface area contributed by atoms with Gasteiger partial charge in [-0.2, -0.15) is 0 Å². The summed E-state index contributed by atoms with van der Waals surface area (Å²) in [6, 6.07) is 8.15. The predicted octanol–water partition coefficient (Wildman–Crippen LogP) is 3.47. The van der Waals surface area contributed by atoms with Gasteiger partial charge in [0.05, 0.1) is 0 Å². The molecule has 0 saturated carbocycles. The van der Waals surface area contributed by atoms with Gasteiger partial charge in [0.1, 0.15) is 5.15 Å². The molecule has 2 aromatic rings. The summed E-state index contributed by atoms with van der Waals surface area (Å²) in [5.74, 6) is 0. The Morgan fingerprint density at radius 1 is 1.35 bits per heavy atom. The van der Waals surface area contributed by atoms with Crippen molar-refractivity contribution in [2.24, 2.45) is 0 Å². The number of nitrogens with zero attached hydrogens (tertiary/aromatic N) is 2. The van der Waals surface area contributed by atoms with E-state index in [0.717, 1.165) is 19.5 Å². The predicted molar refractivity (Wildman–Crippen MR) is 73.6 cm³/mol. The van der Waals surface area contributed by atoms with Gasteiger partial charge in [0.25, 0.3) is 0 Å². The van der Waals surface area contributed by atoms with E-state index in [1.54, 1.807) is 0 Å². The Hall–Kier alpha value is -0.900. The average Bonchev–Trinajstić information content (AvgIpc) is 2.83. The summed E-state index contributed by atoms with van der Waals surface area (Å²) >= 11 is 7.57. The van der Waals surface area contributed by atoms with Crippen LogP contribution in [-0.2, 0) is 13.0 Å². The van der Waals surface area contributed by atoms with Crippen LogP contribution in [0.5, 0.6) is 0 Å². The molecule has 0 spiro atoms. The molecule has 0 aliphatic heterocycles. The lowest BCUT2D eigenvalue weighted by Crippen LogP contribution is -2.20. The van der Waals surface area contributed by atoms with Crippen LogP contribution in [0.15, 0.2) is 35.8 Å². The highest BCUT2D eigenvalue weighted by Gasteiger charge is 2.02. The zero-order valence-corrected chi connectivity index (χ0v) is 11.3. The van der Waals surface area contributed by atoms with Crippen molar-refractivity contribution >= 4 is 22.9 Å². The molecule has 2 heterocycles. The lowest BCUT2D eigenvalue weighted by molar-refractivity contribution is 0.331. The Kier molecular flexibility index (Phi) is 4.54. The Bertz CT molecular complexity index is 439. The second-order valence-corrected chi connectivity index (χ2v) is 5.48. The van der Waals surface area contributed by atoms with Crippen LogP contribution in [0.2, 0.25) is 5.15 Å². The van der Waals surface area contributed by atoms with Gasteiger partial charge in [0.15, 0.2) is 0 Å². The van der Waals surface area contributed by atoms with E-state index < -0.39 is 0 Å². The third kappa shape index (κ3) is 4.11. The molecule has 0 radical (unpaired) electrons. The normalized spacial score (nSPS) is 11.0. The minimum atomic E-state index is 0.551.